The zero-order valence-electron chi connectivity index (χ0n) is 10.7. The number of primary amides is 1. The molecule has 0 bridgehead atoms. The van der Waals surface area contributed by atoms with E-state index in [1.54, 1.807) is 6.92 Å². The van der Waals surface area contributed by atoms with Gasteiger partial charge in [-0.2, -0.15) is 0 Å². The lowest BCUT2D eigenvalue weighted by Crippen LogP contribution is -2.19. The fourth-order valence-electron chi connectivity index (χ4n) is 2.55. The fourth-order valence-corrected chi connectivity index (χ4v) is 2.55. The molecule has 1 aromatic carbocycles. The van der Waals surface area contributed by atoms with Crippen LogP contribution < -0.4 is 5.73 Å². The third-order valence-corrected chi connectivity index (χ3v) is 3.82. The zero-order valence-corrected chi connectivity index (χ0v) is 10.7. The smallest absolute Gasteiger partial charge is 0.224 e. The first kappa shape index (κ1) is 12.8. The SMILES string of the molecule is CC(C(N)=O)c1cccc(C(=O)C2CCCC2)c1. The maximum atomic E-state index is 12.3. The molecule has 1 fully saturated rings. The van der Waals surface area contributed by atoms with Crippen LogP contribution >= 0.6 is 0 Å². The zero-order chi connectivity index (χ0) is 13.1. The van der Waals surface area contributed by atoms with E-state index in [0.29, 0.717) is 5.56 Å². The highest BCUT2D eigenvalue weighted by Gasteiger charge is 2.24. The number of amides is 1. The van der Waals surface area contributed by atoms with Crippen LogP contribution in [0.2, 0.25) is 0 Å². The Morgan fingerprint density at radius 1 is 1.28 bits per heavy atom. The van der Waals surface area contributed by atoms with Gasteiger partial charge in [-0.25, -0.2) is 0 Å². The van der Waals surface area contributed by atoms with E-state index in [0.717, 1.165) is 31.2 Å². The fraction of sp³-hybridized carbons (Fsp3) is 0.467. The van der Waals surface area contributed by atoms with Crippen LogP contribution in [0.4, 0.5) is 0 Å². The Bertz CT molecular complexity index is 461. The maximum absolute atomic E-state index is 12.3. The molecule has 0 aliphatic heterocycles. The summed E-state index contributed by atoms with van der Waals surface area (Å²) in [5, 5.41) is 0. The maximum Gasteiger partial charge on any atom is 0.224 e. The van der Waals surface area contributed by atoms with Crippen molar-refractivity contribution in [2.45, 2.75) is 38.5 Å². The third-order valence-electron chi connectivity index (χ3n) is 3.82. The molecule has 0 heterocycles. The number of ketones is 1. The quantitative estimate of drug-likeness (QED) is 0.829. The topological polar surface area (TPSA) is 60.2 Å². The molecule has 0 radical (unpaired) electrons. The summed E-state index contributed by atoms with van der Waals surface area (Å²) in [4.78, 5) is 23.4. The molecular weight excluding hydrogens is 226 g/mol. The van der Waals surface area contributed by atoms with E-state index in [9.17, 15) is 9.59 Å². The van der Waals surface area contributed by atoms with E-state index in [2.05, 4.69) is 0 Å². The van der Waals surface area contributed by atoms with Crippen molar-refractivity contribution in [3.05, 3.63) is 35.4 Å². The van der Waals surface area contributed by atoms with E-state index in [4.69, 9.17) is 5.73 Å². The normalized spacial score (nSPS) is 17.6. The van der Waals surface area contributed by atoms with Gasteiger partial charge in [-0.3, -0.25) is 9.59 Å². The molecule has 2 rings (SSSR count). The first-order chi connectivity index (χ1) is 8.59. The molecule has 0 saturated heterocycles. The van der Waals surface area contributed by atoms with Crippen molar-refractivity contribution < 1.29 is 9.59 Å². The van der Waals surface area contributed by atoms with Crippen LogP contribution in [0.1, 0.15) is 54.4 Å². The van der Waals surface area contributed by atoms with Crippen LogP contribution in [-0.4, -0.2) is 11.7 Å². The summed E-state index contributed by atoms with van der Waals surface area (Å²) >= 11 is 0. The minimum Gasteiger partial charge on any atom is -0.369 e. The first-order valence-corrected chi connectivity index (χ1v) is 6.53. The number of rotatable bonds is 4. The monoisotopic (exact) mass is 245 g/mol. The Balaban J connectivity index is 2.21. The van der Waals surface area contributed by atoms with Gasteiger partial charge >= 0.3 is 0 Å². The first-order valence-electron chi connectivity index (χ1n) is 6.53. The van der Waals surface area contributed by atoms with Crippen molar-refractivity contribution >= 4 is 11.7 Å². The Labute approximate surface area is 107 Å². The van der Waals surface area contributed by atoms with Gasteiger partial charge in [-0.1, -0.05) is 31.0 Å². The summed E-state index contributed by atoms with van der Waals surface area (Å²) in [5.74, 6) is -0.322. The average Bonchev–Trinajstić information content (AvgIpc) is 2.91. The lowest BCUT2D eigenvalue weighted by atomic mass is 9.92. The highest BCUT2D eigenvalue weighted by atomic mass is 16.1. The molecule has 3 heteroatoms. The molecule has 18 heavy (non-hydrogen) atoms. The number of carbonyl (C=O) groups excluding carboxylic acids is 2. The number of Topliss-reactive ketones (excluding diaryl/α,β-unsaturated/α-hetero) is 1. The summed E-state index contributed by atoms with van der Waals surface area (Å²) in [6, 6.07) is 7.33. The molecule has 3 nitrogen and oxygen atoms in total. The second-order valence-corrected chi connectivity index (χ2v) is 5.10. The van der Waals surface area contributed by atoms with Crippen molar-refractivity contribution in [2.24, 2.45) is 11.7 Å². The van der Waals surface area contributed by atoms with Crippen molar-refractivity contribution in [3.8, 4) is 0 Å². The van der Waals surface area contributed by atoms with Crippen LogP contribution in [0.5, 0.6) is 0 Å². The van der Waals surface area contributed by atoms with Gasteiger partial charge in [0.2, 0.25) is 5.91 Å². The lowest BCUT2D eigenvalue weighted by molar-refractivity contribution is -0.119. The van der Waals surface area contributed by atoms with Gasteiger partial charge in [0, 0.05) is 11.5 Å². The number of nitrogens with two attached hydrogens (primary N) is 1. The van der Waals surface area contributed by atoms with Crippen molar-refractivity contribution in [1.82, 2.24) is 0 Å². The molecule has 96 valence electrons. The molecule has 1 saturated carbocycles. The van der Waals surface area contributed by atoms with Crippen LogP contribution in [0.15, 0.2) is 24.3 Å². The van der Waals surface area contributed by atoms with E-state index in [1.165, 1.54) is 0 Å². The number of benzene rings is 1. The van der Waals surface area contributed by atoms with Crippen molar-refractivity contribution in [1.29, 1.82) is 0 Å². The van der Waals surface area contributed by atoms with Gasteiger partial charge in [-0.05, 0) is 31.4 Å². The highest BCUT2D eigenvalue weighted by Crippen LogP contribution is 2.28. The predicted molar refractivity (Wildman–Crippen MR) is 70.3 cm³/mol. The van der Waals surface area contributed by atoms with Gasteiger partial charge in [0.15, 0.2) is 5.78 Å². The number of hydrogen-bond donors (Lipinski definition) is 1. The largest absolute Gasteiger partial charge is 0.369 e. The minimum absolute atomic E-state index is 0.170. The number of hydrogen-bond acceptors (Lipinski definition) is 2. The summed E-state index contributed by atoms with van der Waals surface area (Å²) in [7, 11) is 0. The molecule has 1 atom stereocenters. The Hall–Kier alpha value is -1.64. The van der Waals surface area contributed by atoms with Crippen LogP contribution in [0, 0.1) is 5.92 Å². The summed E-state index contributed by atoms with van der Waals surface area (Å²) < 4.78 is 0. The van der Waals surface area contributed by atoms with Gasteiger partial charge in [0.1, 0.15) is 0 Å². The van der Waals surface area contributed by atoms with Crippen LogP contribution in [-0.2, 0) is 4.79 Å². The average molecular weight is 245 g/mol. The molecule has 1 aromatic rings. The van der Waals surface area contributed by atoms with Gasteiger partial charge < -0.3 is 5.73 Å². The minimum atomic E-state index is -0.361. The Morgan fingerprint density at radius 3 is 2.56 bits per heavy atom. The van der Waals surface area contributed by atoms with Crippen LogP contribution in [0.25, 0.3) is 0 Å². The van der Waals surface area contributed by atoms with Crippen molar-refractivity contribution in [3.63, 3.8) is 0 Å². The van der Waals surface area contributed by atoms with Crippen molar-refractivity contribution in [2.75, 3.05) is 0 Å². The molecule has 1 amide bonds. The second-order valence-electron chi connectivity index (χ2n) is 5.10. The van der Waals surface area contributed by atoms with E-state index in [1.807, 2.05) is 24.3 Å². The van der Waals surface area contributed by atoms with Gasteiger partial charge in [-0.15, -0.1) is 0 Å². The molecular formula is C15H19NO2. The van der Waals surface area contributed by atoms with Gasteiger partial charge in [0.05, 0.1) is 5.92 Å². The van der Waals surface area contributed by atoms with Crippen LogP contribution in [0.3, 0.4) is 0 Å². The summed E-state index contributed by atoms with van der Waals surface area (Å²) in [5.41, 5.74) is 6.83. The molecule has 1 unspecified atom stereocenters. The molecule has 2 N–H and O–H groups in total. The number of carbonyl (C=O) groups is 2. The molecule has 0 aromatic heterocycles. The summed E-state index contributed by atoms with van der Waals surface area (Å²) in [6.45, 7) is 1.77. The lowest BCUT2D eigenvalue weighted by Gasteiger charge is -2.11. The molecule has 1 aliphatic rings. The Morgan fingerprint density at radius 2 is 1.94 bits per heavy atom. The third kappa shape index (κ3) is 2.61. The standard InChI is InChI=1S/C15H19NO2/c1-10(15(16)18)12-7-4-8-13(9-12)14(17)11-5-2-3-6-11/h4,7-11H,2-3,5-6H2,1H3,(H2,16,18). The van der Waals surface area contributed by atoms with E-state index in [-0.39, 0.29) is 23.5 Å². The van der Waals surface area contributed by atoms with E-state index >= 15 is 0 Å². The molecule has 1 aliphatic carbocycles. The second kappa shape index (κ2) is 5.34. The van der Waals surface area contributed by atoms with Gasteiger partial charge in [0.25, 0.3) is 0 Å². The van der Waals surface area contributed by atoms with E-state index < -0.39 is 0 Å². The predicted octanol–water partition coefficient (Wildman–Crippen LogP) is 2.65. The summed E-state index contributed by atoms with van der Waals surface area (Å²) in [6.07, 6.45) is 4.28. The highest BCUT2D eigenvalue weighted by molar-refractivity contribution is 5.98. The Kier molecular flexibility index (Phi) is 3.80. The molecule has 0 spiro atoms.